The minimum absolute atomic E-state index is 0.124. The van der Waals surface area contributed by atoms with E-state index in [1.165, 1.54) is 25.7 Å². The number of sulfone groups is 1. The number of nitrogens with one attached hydrogen (secondary N) is 1. The zero-order valence-electron chi connectivity index (χ0n) is 10.5. The Morgan fingerprint density at radius 2 is 1.81 bits per heavy atom. The fourth-order valence-electron chi connectivity index (χ4n) is 2.42. The summed E-state index contributed by atoms with van der Waals surface area (Å²) in [5.41, 5.74) is 0. The molecule has 2 atom stereocenters. The van der Waals surface area contributed by atoms with Crippen molar-refractivity contribution in [3.05, 3.63) is 0 Å². The van der Waals surface area contributed by atoms with Gasteiger partial charge in [0.2, 0.25) is 0 Å². The van der Waals surface area contributed by atoms with E-state index < -0.39 is 9.84 Å². The number of hydrogen-bond acceptors (Lipinski definition) is 3. The topological polar surface area (TPSA) is 46.2 Å². The molecule has 1 fully saturated rings. The Labute approximate surface area is 99.9 Å². The molecule has 1 N–H and O–H groups in total. The molecule has 1 saturated heterocycles. The zero-order valence-corrected chi connectivity index (χ0v) is 11.4. The first kappa shape index (κ1) is 14.0. The molecule has 0 unspecified atom stereocenters. The summed E-state index contributed by atoms with van der Waals surface area (Å²) in [5.74, 6) is 0.643. The average Bonchev–Trinajstić information content (AvgIpc) is 2.14. The molecule has 0 aromatic rings. The maximum Gasteiger partial charge on any atom is 0.153 e. The summed E-state index contributed by atoms with van der Waals surface area (Å²) in [7, 11) is -2.79. The van der Waals surface area contributed by atoms with Gasteiger partial charge in [-0.05, 0) is 13.3 Å². The average molecular weight is 247 g/mol. The number of unbranched alkanes of at least 4 members (excludes halogenated alkanes) is 4. The van der Waals surface area contributed by atoms with Gasteiger partial charge in [-0.15, -0.1) is 0 Å². The van der Waals surface area contributed by atoms with Crippen LogP contribution < -0.4 is 5.32 Å². The fraction of sp³-hybridized carbons (Fsp3) is 1.00. The summed E-state index contributed by atoms with van der Waals surface area (Å²) in [6.07, 6.45) is 7.24. The molecule has 1 heterocycles. The maximum absolute atomic E-state index is 11.6. The Kier molecular flexibility index (Phi) is 5.76. The van der Waals surface area contributed by atoms with E-state index in [9.17, 15) is 8.42 Å². The standard InChI is InChI=1S/C12H25NO2S/c1-3-4-5-6-7-8-12-10-16(14,15)9-11(2)13-12/h11-13H,3-10H2,1-2H3/t11-,12-/m1/s1. The summed E-state index contributed by atoms with van der Waals surface area (Å²) in [5, 5.41) is 3.38. The quantitative estimate of drug-likeness (QED) is 0.731. The van der Waals surface area contributed by atoms with Gasteiger partial charge in [0, 0.05) is 12.1 Å². The van der Waals surface area contributed by atoms with Crippen molar-refractivity contribution in [2.45, 2.75) is 64.5 Å². The third-order valence-electron chi connectivity index (χ3n) is 3.14. The Bertz CT molecular complexity index is 287. The van der Waals surface area contributed by atoms with E-state index in [4.69, 9.17) is 0 Å². The number of hydrogen-bond donors (Lipinski definition) is 1. The van der Waals surface area contributed by atoms with E-state index in [1.807, 2.05) is 6.92 Å². The van der Waals surface area contributed by atoms with Crippen LogP contribution in [0.4, 0.5) is 0 Å². The first-order valence-corrected chi connectivity index (χ1v) is 8.32. The molecule has 0 amide bonds. The van der Waals surface area contributed by atoms with E-state index in [2.05, 4.69) is 12.2 Å². The summed E-state index contributed by atoms with van der Waals surface area (Å²) in [6, 6.07) is 0.315. The van der Waals surface area contributed by atoms with E-state index >= 15 is 0 Å². The summed E-state index contributed by atoms with van der Waals surface area (Å²) in [6.45, 7) is 4.16. The lowest BCUT2D eigenvalue weighted by Crippen LogP contribution is -2.50. The van der Waals surface area contributed by atoms with Gasteiger partial charge >= 0.3 is 0 Å². The van der Waals surface area contributed by atoms with Crippen molar-refractivity contribution in [2.75, 3.05) is 11.5 Å². The molecule has 1 aliphatic rings. The number of rotatable bonds is 6. The van der Waals surface area contributed by atoms with Gasteiger partial charge in [-0.2, -0.15) is 0 Å². The molecule has 0 aliphatic carbocycles. The minimum atomic E-state index is -2.79. The maximum atomic E-state index is 11.6. The molecule has 1 aliphatic heterocycles. The van der Waals surface area contributed by atoms with Crippen LogP contribution in [0.15, 0.2) is 0 Å². The molecular formula is C12H25NO2S. The summed E-state index contributed by atoms with van der Waals surface area (Å²) in [4.78, 5) is 0. The predicted octanol–water partition coefficient (Wildman–Crippen LogP) is 2.12. The van der Waals surface area contributed by atoms with Gasteiger partial charge in [0.1, 0.15) is 0 Å². The van der Waals surface area contributed by atoms with Gasteiger partial charge in [0.25, 0.3) is 0 Å². The van der Waals surface area contributed by atoms with Crippen molar-refractivity contribution in [1.29, 1.82) is 0 Å². The van der Waals surface area contributed by atoms with E-state index in [1.54, 1.807) is 0 Å². The predicted molar refractivity (Wildman–Crippen MR) is 68.4 cm³/mol. The molecule has 0 radical (unpaired) electrons. The highest BCUT2D eigenvalue weighted by Gasteiger charge is 2.28. The molecule has 96 valence electrons. The van der Waals surface area contributed by atoms with Crippen LogP contribution in [0.25, 0.3) is 0 Å². The van der Waals surface area contributed by atoms with E-state index in [0.717, 1.165) is 12.8 Å². The lowest BCUT2D eigenvalue weighted by molar-refractivity contribution is 0.423. The molecule has 0 aromatic heterocycles. The van der Waals surface area contributed by atoms with Gasteiger partial charge in [0.05, 0.1) is 11.5 Å². The van der Waals surface area contributed by atoms with Crippen LogP contribution in [0.2, 0.25) is 0 Å². The lowest BCUT2D eigenvalue weighted by atomic mass is 10.1. The monoisotopic (exact) mass is 247 g/mol. The van der Waals surface area contributed by atoms with Crippen LogP contribution >= 0.6 is 0 Å². The van der Waals surface area contributed by atoms with Gasteiger partial charge < -0.3 is 5.32 Å². The molecule has 1 rings (SSSR count). The first-order chi connectivity index (χ1) is 7.53. The smallest absolute Gasteiger partial charge is 0.153 e. The summed E-state index contributed by atoms with van der Waals surface area (Å²) >= 11 is 0. The minimum Gasteiger partial charge on any atom is -0.309 e. The largest absolute Gasteiger partial charge is 0.309 e. The Hall–Kier alpha value is -0.0900. The highest BCUT2D eigenvalue weighted by atomic mass is 32.2. The second kappa shape index (κ2) is 6.60. The van der Waals surface area contributed by atoms with Crippen molar-refractivity contribution < 1.29 is 8.42 Å². The Morgan fingerprint density at radius 3 is 2.44 bits per heavy atom. The van der Waals surface area contributed by atoms with E-state index in [-0.39, 0.29) is 12.1 Å². The van der Waals surface area contributed by atoms with Gasteiger partial charge in [-0.25, -0.2) is 8.42 Å². The van der Waals surface area contributed by atoms with Crippen LogP contribution in [0.3, 0.4) is 0 Å². The molecular weight excluding hydrogens is 222 g/mol. The molecule has 4 heteroatoms. The fourth-order valence-corrected chi connectivity index (χ4v) is 4.29. The van der Waals surface area contributed by atoms with Crippen molar-refractivity contribution in [3.63, 3.8) is 0 Å². The molecule has 0 aromatic carbocycles. The summed E-state index contributed by atoms with van der Waals surface area (Å²) < 4.78 is 23.1. The van der Waals surface area contributed by atoms with Gasteiger partial charge in [0.15, 0.2) is 9.84 Å². The van der Waals surface area contributed by atoms with Crippen molar-refractivity contribution in [2.24, 2.45) is 0 Å². The molecule has 3 nitrogen and oxygen atoms in total. The van der Waals surface area contributed by atoms with Crippen LogP contribution in [0.5, 0.6) is 0 Å². The van der Waals surface area contributed by atoms with Crippen molar-refractivity contribution >= 4 is 9.84 Å². The lowest BCUT2D eigenvalue weighted by Gasteiger charge is -2.28. The Morgan fingerprint density at radius 1 is 1.12 bits per heavy atom. The highest BCUT2D eigenvalue weighted by molar-refractivity contribution is 7.91. The Balaban J connectivity index is 2.21. The van der Waals surface area contributed by atoms with Crippen molar-refractivity contribution in [3.8, 4) is 0 Å². The SMILES string of the molecule is CCCCCCC[C@@H]1CS(=O)(=O)C[C@@H](C)N1. The van der Waals surface area contributed by atoms with Crippen LogP contribution in [0, 0.1) is 0 Å². The third-order valence-corrected chi connectivity index (χ3v) is 5.05. The van der Waals surface area contributed by atoms with E-state index in [0.29, 0.717) is 11.5 Å². The van der Waals surface area contributed by atoms with Gasteiger partial charge in [-0.1, -0.05) is 39.0 Å². The van der Waals surface area contributed by atoms with Crippen molar-refractivity contribution in [1.82, 2.24) is 5.32 Å². The first-order valence-electron chi connectivity index (χ1n) is 6.50. The normalized spacial score (nSPS) is 29.1. The molecule has 16 heavy (non-hydrogen) atoms. The molecule has 0 saturated carbocycles. The second-order valence-electron chi connectivity index (χ2n) is 5.04. The highest BCUT2D eigenvalue weighted by Crippen LogP contribution is 2.13. The van der Waals surface area contributed by atoms with Gasteiger partial charge in [-0.3, -0.25) is 0 Å². The third kappa shape index (κ3) is 5.30. The second-order valence-corrected chi connectivity index (χ2v) is 7.20. The zero-order chi connectivity index (χ0) is 12.0. The molecule has 0 bridgehead atoms. The van der Waals surface area contributed by atoms with Crippen LogP contribution in [-0.4, -0.2) is 32.0 Å². The molecule has 0 spiro atoms. The van der Waals surface area contributed by atoms with Crippen LogP contribution in [-0.2, 0) is 9.84 Å². The van der Waals surface area contributed by atoms with Crippen LogP contribution in [0.1, 0.15) is 52.4 Å².